The topological polar surface area (TPSA) is 66.1 Å². The van der Waals surface area contributed by atoms with Gasteiger partial charge in [0.25, 0.3) is 0 Å². The lowest BCUT2D eigenvalue weighted by molar-refractivity contribution is 0.233. The van der Waals surface area contributed by atoms with E-state index in [4.69, 9.17) is 0 Å². The summed E-state index contributed by atoms with van der Waals surface area (Å²) in [4.78, 5) is 0.345. The molecule has 1 saturated carbocycles. The van der Waals surface area contributed by atoms with E-state index in [1.807, 2.05) is 0 Å². The molecule has 5 nitrogen and oxygen atoms in total. The minimum atomic E-state index is -3.44. The van der Waals surface area contributed by atoms with Gasteiger partial charge in [0.15, 0.2) is 0 Å². The van der Waals surface area contributed by atoms with Gasteiger partial charge in [-0.15, -0.1) is 0 Å². The Morgan fingerprint density at radius 3 is 2.30 bits per heavy atom. The second-order valence-electron chi connectivity index (χ2n) is 5.87. The number of H-pyrrole nitrogens is 1. The highest BCUT2D eigenvalue weighted by Gasteiger charge is 2.33. The van der Waals surface area contributed by atoms with E-state index in [-0.39, 0.29) is 6.04 Å². The largest absolute Gasteiger partial charge is 0.281 e. The number of nitrogens with zero attached hydrogens (tertiary/aromatic N) is 2. The molecule has 0 aliphatic heterocycles. The van der Waals surface area contributed by atoms with Gasteiger partial charge in [0, 0.05) is 13.1 Å². The Kier molecular flexibility index (Phi) is 4.54. The Balaban J connectivity index is 2.18. The van der Waals surface area contributed by atoms with Crippen LogP contribution in [0.2, 0.25) is 0 Å². The van der Waals surface area contributed by atoms with Crippen LogP contribution in [0.4, 0.5) is 0 Å². The van der Waals surface area contributed by atoms with Crippen molar-refractivity contribution in [2.75, 3.05) is 7.05 Å². The molecule has 0 spiro atoms. The maximum atomic E-state index is 12.8. The predicted molar refractivity (Wildman–Crippen MR) is 79.0 cm³/mol. The monoisotopic (exact) mass is 299 g/mol. The smallest absolute Gasteiger partial charge is 0.246 e. The fraction of sp³-hybridized carbons (Fsp3) is 0.786. The lowest BCUT2D eigenvalue weighted by Gasteiger charge is -2.33. The van der Waals surface area contributed by atoms with Crippen LogP contribution in [0.1, 0.15) is 50.4 Å². The number of hydrogen-bond donors (Lipinski definition) is 1. The van der Waals surface area contributed by atoms with Gasteiger partial charge in [-0.2, -0.15) is 9.40 Å². The fourth-order valence-corrected chi connectivity index (χ4v) is 4.92. The van der Waals surface area contributed by atoms with Gasteiger partial charge >= 0.3 is 0 Å². The molecular formula is C14H25N3O2S. The lowest BCUT2D eigenvalue weighted by Crippen LogP contribution is -2.39. The van der Waals surface area contributed by atoms with E-state index >= 15 is 0 Å². The Morgan fingerprint density at radius 2 is 1.85 bits per heavy atom. The van der Waals surface area contributed by atoms with Gasteiger partial charge in [-0.05, 0) is 45.4 Å². The fourth-order valence-electron chi connectivity index (χ4n) is 3.18. The molecule has 0 saturated heterocycles. The number of aromatic amines is 1. The van der Waals surface area contributed by atoms with Gasteiger partial charge in [-0.3, -0.25) is 5.10 Å². The normalized spacial score (nSPS) is 24.2. The lowest BCUT2D eigenvalue weighted by atomic mass is 9.85. The molecule has 6 heteroatoms. The summed E-state index contributed by atoms with van der Waals surface area (Å²) in [5, 5.41) is 6.77. The standard InChI is InChI=1S/C14H25N3O2S/c1-5-12-6-8-13(9-7-12)17(4)20(18,19)14-10(2)15-16-11(14)3/h12-13H,5-9H2,1-4H3,(H,15,16). The minimum absolute atomic E-state index is 0.122. The maximum absolute atomic E-state index is 12.8. The Labute approximate surface area is 121 Å². The van der Waals surface area contributed by atoms with Crippen molar-refractivity contribution in [1.29, 1.82) is 0 Å². The molecule has 1 heterocycles. The molecule has 0 unspecified atom stereocenters. The number of rotatable bonds is 4. The second-order valence-corrected chi connectivity index (χ2v) is 7.80. The molecule has 1 aliphatic carbocycles. The van der Waals surface area contributed by atoms with Gasteiger partial charge in [-0.1, -0.05) is 13.3 Å². The molecule has 1 aromatic heterocycles. The van der Waals surface area contributed by atoms with Gasteiger partial charge < -0.3 is 0 Å². The molecule has 0 aromatic carbocycles. The Bertz CT molecular complexity index is 537. The third kappa shape index (κ3) is 2.76. The van der Waals surface area contributed by atoms with Crippen LogP contribution in [-0.4, -0.2) is 36.0 Å². The Morgan fingerprint density at radius 1 is 1.25 bits per heavy atom. The van der Waals surface area contributed by atoms with Crippen LogP contribution in [0.25, 0.3) is 0 Å². The van der Waals surface area contributed by atoms with Crippen molar-refractivity contribution in [2.45, 2.75) is 63.8 Å². The number of aryl methyl sites for hydroxylation is 2. The third-order valence-corrected chi connectivity index (χ3v) is 6.78. The molecule has 20 heavy (non-hydrogen) atoms. The molecule has 1 aliphatic rings. The first-order valence-corrected chi connectivity index (χ1v) is 8.81. The quantitative estimate of drug-likeness (QED) is 0.929. The van der Waals surface area contributed by atoms with Crippen molar-refractivity contribution in [1.82, 2.24) is 14.5 Å². The van der Waals surface area contributed by atoms with Crippen LogP contribution in [0.5, 0.6) is 0 Å². The zero-order valence-corrected chi connectivity index (χ0v) is 13.6. The van der Waals surface area contributed by atoms with E-state index in [0.29, 0.717) is 16.3 Å². The van der Waals surface area contributed by atoms with E-state index in [0.717, 1.165) is 31.6 Å². The first-order valence-electron chi connectivity index (χ1n) is 7.37. The maximum Gasteiger partial charge on any atom is 0.246 e. The summed E-state index contributed by atoms with van der Waals surface area (Å²) in [6.07, 6.45) is 5.38. The zero-order valence-electron chi connectivity index (χ0n) is 12.8. The van der Waals surface area contributed by atoms with Gasteiger partial charge in [0.1, 0.15) is 4.90 Å². The van der Waals surface area contributed by atoms with E-state index in [9.17, 15) is 8.42 Å². The molecule has 1 N–H and O–H groups in total. The number of aromatic nitrogens is 2. The highest BCUT2D eigenvalue weighted by molar-refractivity contribution is 7.89. The molecule has 2 rings (SSSR count). The predicted octanol–water partition coefficient (Wildman–Crippen LogP) is 2.62. The molecule has 114 valence electrons. The second kappa shape index (κ2) is 5.85. The van der Waals surface area contributed by atoms with Gasteiger partial charge in [0.2, 0.25) is 10.0 Å². The van der Waals surface area contributed by atoms with Crippen molar-refractivity contribution in [2.24, 2.45) is 5.92 Å². The summed E-state index contributed by atoms with van der Waals surface area (Å²) in [6.45, 7) is 5.70. The van der Waals surface area contributed by atoms with Crippen molar-refractivity contribution in [3.8, 4) is 0 Å². The van der Waals surface area contributed by atoms with Crippen LogP contribution >= 0.6 is 0 Å². The molecule has 1 aromatic rings. The summed E-state index contributed by atoms with van der Waals surface area (Å²) < 4.78 is 27.1. The average molecular weight is 299 g/mol. The molecule has 0 radical (unpaired) electrons. The van der Waals surface area contributed by atoms with E-state index in [1.54, 1.807) is 25.2 Å². The van der Waals surface area contributed by atoms with Crippen LogP contribution in [0, 0.1) is 19.8 Å². The van der Waals surface area contributed by atoms with Gasteiger partial charge in [0.05, 0.1) is 11.4 Å². The van der Waals surface area contributed by atoms with Gasteiger partial charge in [-0.25, -0.2) is 8.42 Å². The zero-order chi connectivity index (χ0) is 14.9. The molecular weight excluding hydrogens is 274 g/mol. The summed E-state index contributed by atoms with van der Waals surface area (Å²) in [6, 6.07) is 0.122. The molecule has 0 bridgehead atoms. The number of hydrogen-bond acceptors (Lipinski definition) is 3. The highest BCUT2D eigenvalue weighted by Crippen LogP contribution is 2.32. The number of nitrogens with one attached hydrogen (secondary N) is 1. The third-order valence-electron chi connectivity index (χ3n) is 4.61. The van der Waals surface area contributed by atoms with Crippen molar-refractivity contribution in [3.63, 3.8) is 0 Å². The van der Waals surface area contributed by atoms with E-state index in [2.05, 4.69) is 17.1 Å². The first kappa shape index (κ1) is 15.5. The molecule has 1 fully saturated rings. The summed E-state index contributed by atoms with van der Waals surface area (Å²) >= 11 is 0. The van der Waals surface area contributed by atoms with Crippen LogP contribution in [0.3, 0.4) is 0 Å². The number of sulfonamides is 1. The SMILES string of the molecule is CCC1CCC(N(C)S(=O)(=O)c2c(C)n[nH]c2C)CC1. The van der Waals surface area contributed by atoms with Crippen LogP contribution in [0.15, 0.2) is 4.90 Å². The highest BCUT2D eigenvalue weighted by atomic mass is 32.2. The molecule has 0 amide bonds. The van der Waals surface area contributed by atoms with Crippen molar-refractivity contribution in [3.05, 3.63) is 11.4 Å². The van der Waals surface area contributed by atoms with Crippen LogP contribution < -0.4 is 0 Å². The minimum Gasteiger partial charge on any atom is -0.281 e. The summed E-state index contributed by atoms with van der Waals surface area (Å²) in [5.74, 6) is 0.764. The Hall–Kier alpha value is -0.880. The summed E-state index contributed by atoms with van der Waals surface area (Å²) in [5.41, 5.74) is 1.17. The van der Waals surface area contributed by atoms with Crippen molar-refractivity contribution < 1.29 is 8.42 Å². The van der Waals surface area contributed by atoms with Crippen LogP contribution in [-0.2, 0) is 10.0 Å². The van der Waals surface area contributed by atoms with Crippen molar-refractivity contribution >= 4 is 10.0 Å². The van der Waals surface area contributed by atoms with E-state index < -0.39 is 10.0 Å². The average Bonchev–Trinajstić information content (AvgIpc) is 2.78. The van der Waals surface area contributed by atoms with E-state index in [1.165, 1.54) is 6.42 Å². The first-order chi connectivity index (χ1) is 9.37. The summed E-state index contributed by atoms with van der Waals surface area (Å²) in [7, 11) is -1.73. The molecule has 0 atom stereocenters.